The van der Waals surface area contributed by atoms with Crippen molar-refractivity contribution in [3.8, 4) is 5.88 Å². The van der Waals surface area contributed by atoms with Gasteiger partial charge in [-0.2, -0.15) is 0 Å². The second-order valence-electron chi connectivity index (χ2n) is 3.99. The lowest BCUT2D eigenvalue weighted by Crippen LogP contribution is -2.18. The summed E-state index contributed by atoms with van der Waals surface area (Å²) in [5.74, 6) is 0.510. The predicted molar refractivity (Wildman–Crippen MR) is 93.1 cm³/mol. The number of aromatic nitrogens is 1. The van der Waals surface area contributed by atoms with Gasteiger partial charge in [0, 0.05) is 21.4 Å². The first-order valence-corrected chi connectivity index (χ1v) is 9.22. The highest BCUT2D eigenvalue weighted by Gasteiger charge is 2.26. The Labute approximate surface area is 141 Å². The predicted octanol–water partition coefficient (Wildman–Crippen LogP) is 4.17. The lowest BCUT2D eigenvalue weighted by molar-refractivity contribution is 0.315. The van der Waals surface area contributed by atoms with Gasteiger partial charge in [-0.1, -0.05) is 34.2 Å². The maximum atomic E-state index is 6.21. The number of nitrogens with zero attached hydrogens (tertiary/aromatic N) is 2. The smallest absolute Gasteiger partial charge is 0.233 e. The number of likely N-dealkylation sites (tertiary alicyclic amines) is 1. The summed E-state index contributed by atoms with van der Waals surface area (Å²) in [5, 5.41) is 0.626. The fourth-order valence-electron chi connectivity index (χ4n) is 2.14. The lowest BCUT2D eigenvalue weighted by Gasteiger charge is -2.21. The van der Waals surface area contributed by atoms with Crippen LogP contribution >= 0.6 is 56.8 Å². The topological polar surface area (TPSA) is 25.4 Å². The van der Waals surface area contributed by atoms with E-state index in [1.54, 1.807) is 7.11 Å². The van der Waals surface area contributed by atoms with Gasteiger partial charge in [0.2, 0.25) is 5.88 Å². The zero-order chi connectivity index (χ0) is 13.7. The number of alkyl halides is 1. The summed E-state index contributed by atoms with van der Waals surface area (Å²) >= 11 is 10.6. The molecule has 1 saturated heterocycles. The van der Waals surface area contributed by atoms with E-state index in [9.17, 15) is 0 Å². The third kappa shape index (κ3) is 3.61. The van der Waals surface area contributed by atoms with E-state index in [0.717, 1.165) is 10.1 Å². The molecule has 0 radical (unpaired) electrons. The molecule has 2 heterocycles. The number of methoxy groups -OCH3 is 1. The summed E-state index contributed by atoms with van der Waals surface area (Å²) in [7, 11) is 3.73. The molecule has 1 aliphatic rings. The Bertz CT molecular complexity index is 404. The molecular weight excluding hydrogens is 477 g/mol. The van der Waals surface area contributed by atoms with E-state index in [1.807, 2.05) is 11.1 Å². The van der Waals surface area contributed by atoms with Crippen molar-refractivity contribution in [3.63, 3.8) is 0 Å². The van der Waals surface area contributed by atoms with Crippen LogP contribution in [0.2, 0.25) is 5.02 Å². The molecule has 0 aliphatic carbocycles. The normalized spacial score (nSPS) is 19.3. The molecule has 1 fully saturated rings. The van der Waals surface area contributed by atoms with Gasteiger partial charge in [-0.05, 0) is 54.0 Å². The fourth-order valence-corrected chi connectivity index (χ4v) is 3.10. The monoisotopic (exact) mass is 494 g/mol. The molecule has 1 aromatic heterocycles. The quantitative estimate of drug-likeness (QED) is 0.456. The zero-order valence-corrected chi connectivity index (χ0v) is 15.8. The van der Waals surface area contributed by atoms with Crippen molar-refractivity contribution in [1.82, 2.24) is 9.88 Å². The van der Waals surface area contributed by atoms with Crippen molar-refractivity contribution < 1.29 is 4.74 Å². The molecule has 1 aliphatic heterocycles. The van der Waals surface area contributed by atoms with E-state index in [-0.39, 0.29) is 0 Å². The first-order valence-electron chi connectivity index (χ1n) is 5.61. The maximum absolute atomic E-state index is 6.21. The van der Waals surface area contributed by atoms with Gasteiger partial charge in [-0.15, -0.1) is 0 Å². The molecule has 6 heteroatoms. The number of hydrogen-bond donors (Lipinski definition) is 0. The largest absolute Gasteiger partial charge is 0.480 e. The van der Waals surface area contributed by atoms with Gasteiger partial charge < -0.3 is 4.74 Å². The van der Waals surface area contributed by atoms with E-state index in [2.05, 4.69) is 62.1 Å². The number of pyridine rings is 1. The molecule has 0 aromatic carbocycles. The third-order valence-corrected chi connectivity index (χ3v) is 4.86. The van der Waals surface area contributed by atoms with E-state index in [1.165, 1.54) is 18.4 Å². The zero-order valence-electron chi connectivity index (χ0n) is 10.7. The minimum atomic E-state index is 0.447. The van der Waals surface area contributed by atoms with Crippen LogP contribution in [0.3, 0.4) is 0 Å². The van der Waals surface area contributed by atoms with Crippen molar-refractivity contribution >= 4 is 56.8 Å². The summed E-state index contributed by atoms with van der Waals surface area (Å²) in [6, 6.07) is 0.447. The molecule has 0 N–H and O–H groups in total. The maximum Gasteiger partial charge on any atom is 0.233 e. The van der Waals surface area contributed by atoms with E-state index in [4.69, 9.17) is 16.3 Å². The van der Waals surface area contributed by atoms with Crippen LogP contribution in [0.25, 0.3) is 0 Å². The molecule has 0 saturated carbocycles. The summed E-state index contributed by atoms with van der Waals surface area (Å²) < 4.78 is 6.17. The van der Waals surface area contributed by atoms with Crippen LogP contribution in [0.4, 0.5) is 0 Å². The van der Waals surface area contributed by atoms with Gasteiger partial charge >= 0.3 is 0 Å². The molecule has 1 aromatic rings. The highest BCUT2D eigenvalue weighted by atomic mass is 127. The summed E-state index contributed by atoms with van der Waals surface area (Å²) in [6.45, 7) is 1.14. The van der Waals surface area contributed by atoms with Crippen LogP contribution in [0, 0.1) is 3.57 Å². The molecule has 1 atom stereocenters. The fraction of sp³-hybridized carbons (Fsp3) is 0.583. The molecule has 0 bridgehead atoms. The second-order valence-corrected chi connectivity index (χ2v) is 5.45. The van der Waals surface area contributed by atoms with Crippen molar-refractivity contribution in [1.29, 1.82) is 0 Å². The number of ether oxygens (including phenoxy) is 1. The van der Waals surface area contributed by atoms with E-state index >= 15 is 0 Å². The van der Waals surface area contributed by atoms with Gasteiger partial charge in [-0.3, -0.25) is 4.90 Å². The van der Waals surface area contributed by atoms with Crippen LogP contribution in [0.5, 0.6) is 5.88 Å². The molecule has 18 heavy (non-hydrogen) atoms. The number of hydrogen-bond acceptors (Lipinski definition) is 3. The molecule has 3 nitrogen and oxygen atoms in total. The van der Waals surface area contributed by atoms with Gasteiger partial charge in [0.05, 0.1) is 7.11 Å². The lowest BCUT2D eigenvalue weighted by atomic mass is 10.1. The average molecular weight is 495 g/mol. The standard InChI is InChI=1S/C11H14ClIN2O.CH3I/c1-15-5-3-4-8(15)7-6-14-11(16-2)9(12)10(7)13;1-2/h6,8H,3-5H2,1-2H3;1H3/t8-;/m0./s1. The Balaban J connectivity index is 0.000000771. The number of rotatable bonds is 2. The Morgan fingerprint density at radius 2 is 2.17 bits per heavy atom. The highest BCUT2D eigenvalue weighted by molar-refractivity contribution is 14.1. The van der Waals surface area contributed by atoms with E-state index in [0.29, 0.717) is 16.9 Å². The molecule has 0 amide bonds. The minimum Gasteiger partial charge on any atom is -0.480 e. The molecule has 0 unspecified atom stereocenters. The minimum absolute atomic E-state index is 0.447. The highest BCUT2D eigenvalue weighted by Crippen LogP contribution is 2.37. The Kier molecular flexibility index (Phi) is 7.48. The van der Waals surface area contributed by atoms with Crippen LogP contribution < -0.4 is 4.74 Å². The molecular formula is C12H17ClI2N2O. The Morgan fingerprint density at radius 3 is 2.67 bits per heavy atom. The van der Waals surface area contributed by atoms with Crippen LogP contribution in [0.15, 0.2) is 6.20 Å². The van der Waals surface area contributed by atoms with Gasteiger partial charge in [0.1, 0.15) is 5.02 Å². The first-order chi connectivity index (χ1) is 8.65. The van der Waals surface area contributed by atoms with Crippen molar-refractivity contribution in [2.45, 2.75) is 18.9 Å². The van der Waals surface area contributed by atoms with Gasteiger partial charge in [0.15, 0.2) is 0 Å². The first kappa shape index (κ1) is 16.7. The Morgan fingerprint density at radius 1 is 1.50 bits per heavy atom. The van der Waals surface area contributed by atoms with Gasteiger partial charge in [-0.25, -0.2) is 4.98 Å². The van der Waals surface area contributed by atoms with Crippen LogP contribution in [-0.2, 0) is 0 Å². The van der Waals surface area contributed by atoms with Crippen LogP contribution in [0.1, 0.15) is 24.4 Å². The van der Waals surface area contributed by atoms with Crippen molar-refractivity contribution in [2.75, 3.05) is 25.6 Å². The molecule has 0 spiro atoms. The summed E-state index contributed by atoms with van der Waals surface area (Å²) in [4.78, 5) is 8.57. The van der Waals surface area contributed by atoms with Crippen molar-refractivity contribution in [2.24, 2.45) is 0 Å². The molecule has 2 rings (SSSR count). The Hall–Kier alpha value is 0.660. The van der Waals surface area contributed by atoms with Gasteiger partial charge in [0.25, 0.3) is 0 Å². The average Bonchev–Trinajstić information content (AvgIpc) is 2.81. The summed E-state index contributed by atoms with van der Waals surface area (Å²) in [6.07, 6.45) is 4.30. The van der Waals surface area contributed by atoms with Crippen LogP contribution in [-0.4, -0.2) is 35.5 Å². The molecule has 102 valence electrons. The second kappa shape index (κ2) is 8.06. The third-order valence-electron chi connectivity index (χ3n) is 3.03. The SMILES string of the molecule is CI.COc1ncc([C@@H]2CCCN2C)c(I)c1Cl. The van der Waals surface area contributed by atoms with Crippen molar-refractivity contribution in [3.05, 3.63) is 20.4 Å². The van der Waals surface area contributed by atoms with E-state index < -0.39 is 0 Å². The number of halogens is 3. The summed E-state index contributed by atoms with van der Waals surface area (Å²) in [5.41, 5.74) is 1.21.